The highest BCUT2D eigenvalue weighted by Crippen LogP contribution is 2.15. The normalized spacial score (nSPS) is 11.4. The Morgan fingerprint density at radius 2 is 1.94 bits per heavy atom. The van der Waals surface area contributed by atoms with Gasteiger partial charge in [0.15, 0.2) is 0 Å². The summed E-state index contributed by atoms with van der Waals surface area (Å²) in [7, 11) is 0. The summed E-state index contributed by atoms with van der Waals surface area (Å²) in [5, 5.41) is 0. The van der Waals surface area contributed by atoms with Crippen LogP contribution in [0.5, 0.6) is 0 Å². The van der Waals surface area contributed by atoms with Crippen LogP contribution in [-0.2, 0) is 9.53 Å². The fourth-order valence-electron chi connectivity index (χ4n) is 1.33. The van der Waals surface area contributed by atoms with Gasteiger partial charge in [-0.15, -0.1) is 12.4 Å². The van der Waals surface area contributed by atoms with Gasteiger partial charge in [-0.1, -0.05) is 29.8 Å². The van der Waals surface area contributed by atoms with Crippen molar-refractivity contribution in [2.75, 3.05) is 6.61 Å². The number of hydrogen-bond donors (Lipinski definition) is 1. The molecule has 16 heavy (non-hydrogen) atoms. The zero-order valence-corrected chi connectivity index (χ0v) is 10.4. The zero-order valence-electron chi connectivity index (χ0n) is 9.60. The molecule has 0 saturated carbocycles. The number of benzene rings is 1. The van der Waals surface area contributed by atoms with Gasteiger partial charge in [-0.25, -0.2) is 0 Å². The molecule has 0 amide bonds. The quantitative estimate of drug-likeness (QED) is 0.826. The summed E-state index contributed by atoms with van der Waals surface area (Å²) in [6, 6.07) is 7.59. The summed E-state index contributed by atoms with van der Waals surface area (Å²) in [4.78, 5) is 11.2. The number of hydrogen-bond acceptors (Lipinski definition) is 3. The van der Waals surface area contributed by atoms with Gasteiger partial charge >= 0.3 is 5.97 Å². The Bertz CT molecular complexity index is 324. The van der Waals surface area contributed by atoms with Gasteiger partial charge in [0.2, 0.25) is 0 Å². The number of esters is 1. The number of aryl methyl sites for hydroxylation is 1. The molecule has 0 aromatic heterocycles. The fourth-order valence-corrected chi connectivity index (χ4v) is 1.33. The summed E-state index contributed by atoms with van der Waals surface area (Å²) in [6.45, 7) is 4.20. The smallest absolute Gasteiger partial charge is 0.307 e. The molecule has 0 aliphatic heterocycles. The average molecular weight is 244 g/mol. The predicted molar refractivity (Wildman–Crippen MR) is 66.6 cm³/mol. The van der Waals surface area contributed by atoms with Crippen molar-refractivity contribution < 1.29 is 9.53 Å². The van der Waals surface area contributed by atoms with E-state index in [0.717, 1.165) is 5.56 Å². The van der Waals surface area contributed by atoms with Crippen molar-refractivity contribution >= 4 is 18.4 Å². The second kappa shape index (κ2) is 7.25. The van der Waals surface area contributed by atoms with Crippen LogP contribution in [0.15, 0.2) is 24.3 Å². The molecule has 0 saturated heterocycles. The number of halogens is 1. The van der Waals surface area contributed by atoms with E-state index in [4.69, 9.17) is 10.5 Å². The van der Waals surface area contributed by atoms with Crippen LogP contribution in [0.4, 0.5) is 0 Å². The van der Waals surface area contributed by atoms with Crippen molar-refractivity contribution in [1.82, 2.24) is 0 Å². The number of rotatable bonds is 4. The summed E-state index contributed by atoms with van der Waals surface area (Å²) >= 11 is 0. The van der Waals surface area contributed by atoms with Gasteiger partial charge in [0.05, 0.1) is 13.0 Å². The molecule has 1 aromatic carbocycles. The summed E-state index contributed by atoms with van der Waals surface area (Å²) in [5.74, 6) is -0.245. The van der Waals surface area contributed by atoms with Crippen LogP contribution < -0.4 is 5.73 Å². The summed E-state index contributed by atoms with van der Waals surface area (Å²) < 4.78 is 4.84. The van der Waals surface area contributed by atoms with E-state index in [0.29, 0.717) is 6.61 Å². The number of carbonyl (C=O) groups excluding carboxylic acids is 1. The zero-order chi connectivity index (χ0) is 11.3. The molecule has 0 heterocycles. The van der Waals surface area contributed by atoms with Gasteiger partial charge in [-0.05, 0) is 19.4 Å². The molecule has 90 valence electrons. The first-order chi connectivity index (χ1) is 7.13. The van der Waals surface area contributed by atoms with Crippen molar-refractivity contribution in [3.8, 4) is 0 Å². The fraction of sp³-hybridized carbons (Fsp3) is 0.417. The highest BCUT2D eigenvalue weighted by molar-refractivity contribution is 5.85. The van der Waals surface area contributed by atoms with Crippen LogP contribution in [0.2, 0.25) is 0 Å². The minimum Gasteiger partial charge on any atom is -0.466 e. The molecule has 1 atom stereocenters. The van der Waals surface area contributed by atoms with Crippen LogP contribution in [0, 0.1) is 6.92 Å². The lowest BCUT2D eigenvalue weighted by Gasteiger charge is -2.11. The third kappa shape index (κ3) is 4.64. The van der Waals surface area contributed by atoms with Crippen LogP contribution in [-0.4, -0.2) is 12.6 Å². The van der Waals surface area contributed by atoms with E-state index in [1.165, 1.54) is 5.56 Å². The first-order valence-corrected chi connectivity index (χ1v) is 5.11. The molecule has 2 N–H and O–H groups in total. The van der Waals surface area contributed by atoms with Crippen molar-refractivity contribution in [1.29, 1.82) is 0 Å². The van der Waals surface area contributed by atoms with Gasteiger partial charge in [0.25, 0.3) is 0 Å². The standard InChI is InChI=1S/C12H17NO2.ClH/c1-3-15-12(14)8-11(13)10-6-4-9(2)5-7-10;/h4-7,11H,3,8,13H2,1-2H3;1H. The minimum absolute atomic E-state index is 0. The first-order valence-electron chi connectivity index (χ1n) is 5.11. The van der Waals surface area contributed by atoms with Crippen LogP contribution in [0.1, 0.15) is 30.5 Å². The first kappa shape index (κ1) is 14.9. The molecule has 0 aliphatic carbocycles. The summed E-state index contributed by atoms with van der Waals surface area (Å²) in [6.07, 6.45) is 0.233. The van der Waals surface area contributed by atoms with Crippen LogP contribution in [0.25, 0.3) is 0 Å². The molecule has 1 rings (SSSR count). The lowest BCUT2D eigenvalue weighted by atomic mass is 10.0. The number of nitrogens with two attached hydrogens (primary N) is 1. The maximum Gasteiger partial charge on any atom is 0.307 e. The highest BCUT2D eigenvalue weighted by atomic mass is 35.5. The molecular formula is C12H18ClNO2. The van der Waals surface area contributed by atoms with E-state index in [1.54, 1.807) is 6.92 Å². The van der Waals surface area contributed by atoms with Crippen LogP contribution in [0.3, 0.4) is 0 Å². The molecule has 4 heteroatoms. The third-order valence-electron chi connectivity index (χ3n) is 2.20. The van der Waals surface area contributed by atoms with Crippen LogP contribution >= 0.6 is 12.4 Å². The van der Waals surface area contributed by atoms with Crippen molar-refractivity contribution in [3.05, 3.63) is 35.4 Å². The Labute approximate surface area is 102 Å². The largest absolute Gasteiger partial charge is 0.466 e. The Morgan fingerprint density at radius 3 is 2.44 bits per heavy atom. The second-order valence-corrected chi connectivity index (χ2v) is 3.53. The van der Waals surface area contributed by atoms with Gasteiger partial charge in [0, 0.05) is 6.04 Å². The third-order valence-corrected chi connectivity index (χ3v) is 2.20. The Balaban J connectivity index is 0.00000225. The van der Waals surface area contributed by atoms with E-state index < -0.39 is 0 Å². The minimum atomic E-state index is -0.273. The summed E-state index contributed by atoms with van der Waals surface area (Å²) in [5.41, 5.74) is 8.02. The highest BCUT2D eigenvalue weighted by Gasteiger charge is 2.11. The van der Waals surface area contributed by atoms with E-state index in [-0.39, 0.29) is 30.8 Å². The lowest BCUT2D eigenvalue weighted by Crippen LogP contribution is -2.17. The van der Waals surface area contributed by atoms with E-state index in [1.807, 2.05) is 31.2 Å². The maximum absolute atomic E-state index is 11.2. The lowest BCUT2D eigenvalue weighted by molar-refractivity contribution is -0.143. The predicted octanol–water partition coefficient (Wildman–Crippen LogP) is 2.37. The van der Waals surface area contributed by atoms with Crippen molar-refractivity contribution in [2.24, 2.45) is 5.73 Å². The van der Waals surface area contributed by atoms with Gasteiger partial charge < -0.3 is 10.5 Å². The number of ether oxygens (including phenoxy) is 1. The van der Waals surface area contributed by atoms with E-state index in [2.05, 4.69) is 0 Å². The number of carbonyl (C=O) groups is 1. The Kier molecular flexibility index (Phi) is 6.77. The molecule has 0 bridgehead atoms. The molecule has 0 fully saturated rings. The average Bonchev–Trinajstić information content (AvgIpc) is 2.18. The SMILES string of the molecule is CCOC(=O)CC(N)c1ccc(C)cc1.Cl. The van der Waals surface area contributed by atoms with E-state index >= 15 is 0 Å². The second-order valence-electron chi connectivity index (χ2n) is 3.53. The Morgan fingerprint density at radius 1 is 1.38 bits per heavy atom. The molecule has 1 unspecified atom stereocenters. The van der Waals surface area contributed by atoms with Crippen molar-refractivity contribution in [3.63, 3.8) is 0 Å². The van der Waals surface area contributed by atoms with Gasteiger partial charge in [-0.3, -0.25) is 4.79 Å². The molecule has 1 aromatic rings. The maximum atomic E-state index is 11.2. The van der Waals surface area contributed by atoms with Gasteiger partial charge in [0.1, 0.15) is 0 Å². The van der Waals surface area contributed by atoms with E-state index in [9.17, 15) is 4.79 Å². The molecule has 0 aliphatic rings. The molecular weight excluding hydrogens is 226 g/mol. The molecule has 0 radical (unpaired) electrons. The van der Waals surface area contributed by atoms with Gasteiger partial charge in [-0.2, -0.15) is 0 Å². The Hall–Kier alpha value is -1.06. The molecule has 3 nitrogen and oxygen atoms in total. The topological polar surface area (TPSA) is 52.3 Å². The van der Waals surface area contributed by atoms with Crippen molar-refractivity contribution in [2.45, 2.75) is 26.3 Å². The molecule has 0 spiro atoms. The monoisotopic (exact) mass is 243 g/mol.